The number of piperidine rings is 1. The SMILES string of the molecule is CCCC[C@H]1C(=O)N2CCC[C@@H]2C(=O)N[C@@H](CC(=O)O)C(=O)N[C@H](C(C)C)C(=O)N(C)[C@@H](Cc2ccccc2)C(=O)N[C@@H](CCC(=O)O)C(=O)N2CCCC[C@@H]2C(=O)N[C@H](Cc2c[nH]c3ccccc23)C(=O)N[C@@H](Cc2ccc(O)cc2)C(=O)N[C@@H](CO)C(=O)N[C@H](C(=O)NCC(N)=O)CSCC(=O)N[C@@H](Cc2cc(F)c(F)c(F)c2)C(=O)N(C)[C@@H](Cc2ccc(F)cc2)C(=O)N1C. The van der Waals surface area contributed by atoms with Crippen LogP contribution in [0.5, 0.6) is 5.75 Å². The molecule has 0 saturated carbocycles. The highest BCUT2D eigenvalue weighted by molar-refractivity contribution is 8.00. The second-order valence-corrected chi connectivity index (χ2v) is 34.5. The lowest BCUT2D eigenvalue weighted by atomic mass is 9.97. The van der Waals surface area contributed by atoms with Crippen molar-refractivity contribution in [2.24, 2.45) is 11.7 Å². The third-order valence-electron chi connectivity index (χ3n) is 23.5. The minimum absolute atomic E-state index is 0.0822. The number of carboxylic acid groups (broad SMARTS) is 2. The molecule has 4 heterocycles. The number of amides is 15. The van der Waals surface area contributed by atoms with Crippen molar-refractivity contribution < 1.29 is 119 Å². The monoisotopic (exact) mass is 1870 g/mol. The molecule has 0 unspecified atom stereocenters. The molecule has 0 bridgehead atoms. The van der Waals surface area contributed by atoms with Crippen LogP contribution < -0.4 is 53.6 Å². The van der Waals surface area contributed by atoms with Crippen LogP contribution >= 0.6 is 11.8 Å². The fourth-order valence-corrected chi connectivity index (χ4v) is 17.0. The van der Waals surface area contributed by atoms with Gasteiger partial charge >= 0.3 is 11.9 Å². The van der Waals surface area contributed by atoms with Gasteiger partial charge in [0, 0.05) is 95.6 Å². The first-order valence-electron chi connectivity index (χ1n) is 43.5. The van der Waals surface area contributed by atoms with E-state index in [0.717, 1.165) is 43.7 Å². The predicted molar refractivity (Wildman–Crippen MR) is 473 cm³/mol. The first-order chi connectivity index (χ1) is 63.2. The van der Waals surface area contributed by atoms with Crippen LogP contribution in [0, 0.1) is 29.2 Å². The van der Waals surface area contributed by atoms with E-state index in [1.807, 2.05) is 0 Å². The van der Waals surface area contributed by atoms with Gasteiger partial charge in [-0.25, -0.2) is 17.6 Å². The molecule has 6 aromatic rings. The molecule has 5 aromatic carbocycles. The highest BCUT2D eigenvalue weighted by Crippen LogP contribution is 2.29. The maximum atomic E-state index is 15.6. The van der Waals surface area contributed by atoms with Gasteiger partial charge in [-0.1, -0.05) is 106 Å². The molecule has 3 aliphatic heterocycles. The van der Waals surface area contributed by atoms with Crippen LogP contribution in [0.15, 0.2) is 121 Å². The molecular formula is C91H112F4N16O21S. The quantitative estimate of drug-likeness (QED) is 0.0316. The maximum Gasteiger partial charge on any atom is 0.305 e. The van der Waals surface area contributed by atoms with Crippen molar-refractivity contribution in [2.45, 2.75) is 202 Å². The molecule has 716 valence electrons. The number of likely N-dealkylation sites (N-methyl/N-ethyl adjacent to an activating group) is 3. The molecule has 133 heavy (non-hydrogen) atoms. The summed E-state index contributed by atoms with van der Waals surface area (Å²) in [4.78, 5) is 257. The second kappa shape index (κ2) is 48.6. The number of nitrogens with one attached hydrogen (secondary N) is 10. The van der Waals surface area contributed by atoms with Crippen LogP contribution in [0.3, 0.4) is 0 Å². The number of thioether (sulfide) groups is 1. The number of nitrogens with two attached hydrogens (primary N) is 1. The lowest BCUT2D eigenvalue weighted by molar-refractivity contribution is -0.152. The smallest absolute Gasteiger partial charge is 0.305 e. The standard InChI is InChI=1S/C91H112F4N16O21S/c1-7-8-21-70-90(131)111-35-16-23-69(111)85(126)103-64(43-76(118)119)82(123)106-78(49(2)3)91(132)108(5)71(40-50-17-10-9-11-18-50)86(127)100-61(32-33-75(116)117)88(129)110-34-15-14-22-68(110)84(125)102-63(42-54-44-97-60-20-13-12-19-57(54)60)81(122)101-62(38-51-26-30-56(113)31-27-51)80(121)104-66(46-112)83(124)105-67(79(120)98-45-73(96)114)47-133-48-74(115)99-65(39-53-36-58(93)77(95)59(94)37-53)87(128)109(6)72(89(130)107(70)4)41-52-24-28-55(92)29-25-52/h9-13,17-20,24-31,36-37,44,49,61-72,78,97,112-113H,7-8,14-16,21-23,32-35,38-43,45-48H2,1-6H3,(H2,96,114)(H,98,120)(H,99,115)(H,100,127)(H,101,122)(H,102,125)(H,103,126)(H,104,121)(H,105,124)(H,106,123)(H,116,117)(H,118,119)/t61-,62-,63+,64-,65-,66-,67-,68+,69+,70-,71-,72-,78+/m0/s1. The van der Waals surface area contributed by atoms with Crippen LogP contribution in [-0.2, 0) is 114 Å². The summed E-state index contributed by atoms with van der Waals surface area (Å²) in [6.45, 7) is 2.36. The number of aliphatic hydroxyl groups is 1. The number of aliphatic hydroxyl groups excluding tert-OH is 1. The molecule has 1 aromatic heterocycles. The molecule has 37 nitrogen and oxygen atoms in total. The normalized spacial score (nSPS) is 23.6. The summed E-state index contributed by atoms with van der Waals surface area (Å²) >= 11 is 0.570. The Balaban J connectivity index is 1.13. The van der Waals surface area contributed by atoms with Gasteiger partial charge in [0.15, 0.2) is 17.5 Å². The highest BCUT2D eigenvalue weighted by Gasteiger charge is 2.46. The number of aromatic hydroxyl groups is 1. The molecule has 9 rings (SSSR count). The van der Waals surface area contributed by atoms with E-state index in [2.05, 4.69) is 52.8 Å². The van der Waals surface area contributed by atoms with Gasteiger partial charge in [-0.2, -0.15) is 0 Å². The van der Waals surface area contributed by atoms with Crippen molar-refractivity contribution in [3.05, 3.63) is 173 Å². The van der Waals surface area contributed by atoms with Gasteiger partial charge in [-0.05, 0) is 121 Å². The van der Waals surface area contributed by atoms with Crippen LogP contribution in [-0.4, -0.2) is 288 Å². The third kappa shape index (κ3) is 28.5. The first kappa shape index (κ1) is 103. The Morgan fingerprint density at radius 3 is 1.68 bits per heavy atom. The number of benzene rings is 5. The number of carboxylic acids is 2. The molecule has 16 N–H and O–H groups in total. The van der Waals surface area contributed by atoms with Gasteiger partial charge in [0.2, 0.25) is 88.6 Å². The third-order valence-corrected chi connectivity index (χ3v) is 24.5. The van der Waals surface area contributed by atoms with Crippen molar-refractivity contribution in [1.82, 2.24) is 77.3 Å². The number of para-hydroxylation sites is 1. The Bertz CT molecular complexity index is 5210. The molecule has 0 aliphatic carbocycles. The van der Waals surface area contributed by atoms with E-state index in [9.17, 15) is 67.6 Å². The number of rotatable bonds is 23. The number of carbonyl (C=O) groups excluding carboxylic acids is 15. The number of nitrogens with zero attached hydrogens (tertiary/aromatic N) is 5. The number of hydrogen-bond acceptors (Lipinski definition) is 20. The van der Waals surface area contributed by atoms with Crippen molar-refractivity contribution in [3.63, 3.8) is 0 Å². The number of phenols is 1. The van der Waals surface area contributed by atoms with Gasteiger partial charge in [-0.3, -0.25) is 81.5 Å². The lowest BCUT2D eigenvalue weighted by Crippen LogP contribution is -2.63. The number of unbranched alkanes of at least 4 members (excludes halogenated alkanes) is 1. The van der Waals surface area contributed by atoms with E-state index >= 15 is 51.9 Å². The number of hydrogen-bond donors (Lipinski definition) is 15. The van der Waals surface area contributed by atoms with Crippen molar-refractivity contribution in [1.29, 1.82) is 0 Å². The van der Waals surface area contributed by atoms with Crippen LogP contribution in [0.4, 0.5) is 17.6 Å². The zero-order valence-electron chi connectivity index (χ0n) is 74.1. The number of fused-ring (bicyclic) bond motifs is 3. The average molecular weight is 1870 g/mol. The van der Waals surface area contributed by atoms with Crippen LogP contribution in [0.1, 0.15) is 119 Å². The van der Waals surface area contributed by atoms with Gasteiger partial charge in [-0.15, -0.1) is 11.8 Å². The first-order valence-corrected chi connectivity index (χ1v) is 44.7. The minimum atomic E-state index is -2.03. The maximum absolute atomic E-state index is 15.6. The molecule has 13 atom stereocenters. The Morgan fingerprint density at radius 2 is 1.05 bits per heavy atom. The van der Waals surface area contributed by atoms with Crippen LogP contribution in [0.2, 0.25) is 0 Å². The molecule has 0 radical (unpaired) electrons. The fourth-order valence-electron chi connectivity index (χ4n) is 16.1. The largest absolute Gasteiger partial charge is 0.508 e. The number of halogens is 4. The van der Waals surface area contributed by atoms with E-state index in [-0.39, 0.29) is 81.3 Å². The average Bonchev–Trinajstić information content (AvgIpc) is 1.42. The zero-order chi connectivity index (χ0) is 97.2. The molecule has 15 amide bonds. The Morgan fingerprint density at radius 1 is 0.519 bits per heavy atom. The molecule has 42 heteroatoms. The summed E-state index contributed by atoms with van der Waals surface area (Å²) < 4.78 is 59.6. The predicted octanol–water partition coefficient (Wildman–Crippen LogP) is 1.20. The van der Waals surface area contributed by atoms with E-state index < -0.39 is 277 Å². The Labute approximate surface area is 767 Å². The topological polar surface area (TPSA) is 537 Å². The number of carbonyl (C=O) groups is 17. The molecule has 3 aliphatic rings. The Kier molecular flexibility index (Phi) is 37.7. The van der Waals surface area contributed by atoms with E-state index in [1.54, 1.807) is 67.7 Å². The van der Waals surface area contributed by atoms with Gasteiger partial charge in [0.1, 0.15) is 90.1 Å². The number of aliphatic carboxylic acids is 2. The Hall–Kier alpha value is -13.5. The van der Waals surface area contributed by atoms with Crippen molar-refractivity contribution >= 4 is 123 Å². The van der Waals surface area contributed by atoms with Gasteiger partial charge in [0.05, 0.1) is 25.3 Å². The lowest BCUT2D eigenvalue weighted by Gasteiger charge is -2.38. The summed E-state index contributed by atoms with van der Waals surface area (Å²) in [6, 6.07) is 3.46. The minimum Gasteiger partial charge on any atom is -0.508 e. The summed E-state index contributed by atoms with van der Waals surface area (Å²) in [7, 11) is 3.52. The summed E-state index contributed by atoms with van der Waals surface area (Å²) in [5, 5.41) is 64.8. The summed E-state index contributed by atoms with van der Waals surface area (Å²) in [5.41, 5.74) is 6.88. The second-order valence-electron chi connectivity index (χ2n) is 33.4. The molecule has 3 saturated heterocycles. The number of H-pyrrole nitrogens is 1. The summed E-state index contributed by atoms with van der Waals surface area (Å²) in [6.07, 6.45) is -2.31. The molecular weight excluding hydrogens is 1760 g/mol. The van der Waals surface area contributed by atoms with E-state index in [1.165, 1.54) is 64.3 Å². The van der Waals surface area contributed by atoms with Crippen LogP contribution in [0.25, 0.3) is 10.9 Å². The number of primary amides is 1. The summed E-state index contributed by atoms with van der Waals surface area (Å²) in [5.74, 6) is -27.8. The zero-order valence-corrected chi connectivity index (χ0v) is 75.0. The van der Waals surface area contributed by atoms with E-state index in [4.69, 9.17) is 5.73 Å². The fraction of sp³-hybridized carbons (Fsp3) is 0.462. The number of phenolic OH excluding ortho intramolecular Hbond substituents is 1. The molecule has 0 spiro atoms. The number of aromatic nitrogens is 1. The van der Waals surface area contributed by atoms with Gasteiger partial charge in [0.25, 0.3) is 0 Å². The van der Waals surface area contributed by atoms with E-state index in [0.29, 0.717) is 58.8 Å². The van der Waals surface area contributed by atoms with Gasteiger partial charge < -0.3 is 103 Å². The van der Waals surface area contributed by atoms with Crippen molar-refractivity contribution in [2.75, 3.05) is 58.9 Å². The number of aromatic amines is 1. The molecule has 3 fully saturated rings. The highest BCUT2D eigenvalue weighted by atomic mass is 32.2. The van der Waals surface area contributed by atoms with Crippen molar-refractivity contribution in [3.8, 4) is 5.75 Å².